The topological polar surface area (TPSA) is 348 Å². The van der Waals surface area contributed by atoms with Gasteiger partial charge in [0.2, 0.25) is 0 Å². The second-order valence-corrected chi connectivity index (χ2v) is 11.1. The molecule has 8 unspecified atom stereocenters. The van der Waals surface area contributed by atoms with Gasteiger partial charge < -0.3 is 105 Å². The highest BCUT2D eigenvalue weighted by molar-refractivity contribution is 4.97. The summed E-state index contributed by atoms with van der Waals surface area (Å²) in [6.07, 6.45) is -35.3. The summed E-state index contributed by atoms with van der Waals surface area (Å²) in [4.78, 5) is 0. The van der Waals surface area contributed by atoms with Gasteiger partial charge in [0, 0.05) is 0 Å². The molecule has 4 heterocycles. The first-order valence-corrected chi connectivity index (χ1v) is 14.1. The van der Waals surface area contributed by atoms with E-state index in [1.807, 2.05) is 0 Å². The Morgan fingerprint density at radius 1 is 0.333 bits per heavy atom. The molecule has 14 N–H and O–H groups in total. The second-order valence-electron chi connectivity index (χ2n) is 11.1. The molecular weight excluding hydrogens is 624 g/mol. The largest absolute Gasteiger partial charge is 0.394 e. The quantitative estimate of drug-likeness (QED) is 0.103. The highest BCUT2D eigenvalue weighted by Crippen LogP contribution is 2.34. The summed E-state index contributed by atoms with van der Waals surface area (Å²) in [6.45, 7) is -3.39. The van der Waals surface area contributed by atoms with Crippen molar-refractivity contribution >= 4 is 0 Å². The Balaban J connectivity index is 1.43. The Labute approximate surface area is 254 Å². The molecule has 21 nitrogen and oxygen atoms in total. The van der Waals surface area contributed by atoms with Gasteiger partial charge in [-0.15, -0.1) is 0 Å². The van der Waals surface area contributed by atoms with E-state index in [4.69, 9.17) is 33.2 Å². The lowest BCUT2D eigenvalue weighted by Crippen LogP contribution is -2.67. The average Bonchev–Trinajstić information content (AvgIpc) is 3.03. The summed E-state index contributed by atoms with van der Waals surface area (Å²) in [7, 11) is 0. The van der Waals surface area contributed by atoms with E-state index >= 15 is 0 Å². The minimum atomic E-state index is -2.02. The van der Waals surface area contributed by atoms with Gasteiger partial charge in [0.25, 0.3) is 0 Å². The fourth-order valence-corrected chi connectivity index (χ4v) is 5.55. The van der Waals surface area contributed by atoms with Crippen LogP contribution in [-0.4, -0.2) is 221 Å². The highest BCUT2D eigenvalue weighted by Gasteiger charge is 2.55. The lowest BCUT2D eigenvalue weighted by Gasteiger charge is -2.49. The Morgan fingerprint density at radius 2 is 0.644 bits per heavy atom. The molecule has 0 aromatic heterocycles. The molecule has 0 amide bonds. The molecule has 0 aromatic carbocycles. The Hall–Kier alpha value is -0.840. The van der Waals surface area contributed by atoms with Crippen molar-refractivity contribution in [1.82, 2.24) is 0 Å². The molecule has 4 rings (SSSR count). The monoisotopic (exact) mass is 666 g/mol. The first-order valence-electron chi connectivity index (χ1n) is 14.1. The summed E-state index contributed by atoms with van der Waals surface area (Å²) in [5, 5.41) is 142. The van der Waals surface area contributed by atoms with Crippen LogP contribution in [0.15, 0.2) is 0 Å². The van der Waals surface area contributed by atoms with Crippen molar-refractivity contribution < 1.29 is 105 Å². The normalized spacial score (nSPS) is 52.9. The zero-order chi connectivity index (χ0) is 33.3. The minimum absolute atomic E-state index is 0.784. The van der Waals surface area contributed by atoms with Crippen LogP contribution in [0, 0.1) is 0 Å². The first kappa shape index (κ1) is 37.0. The van der Waals surface area contributed by atoms with Gasteiger partial charge in [-0.25, -0.2) is 0 Å². The average molecular weight is 667 g/mol. The molecule has 20 atom stereocenters. The van der Waals surface area contributed by atoms with Gasteiger partial charge in [0.05, 0.1) is 26.4 Å². The van der Waals surface area contributed by atoms with Gasteiger partial charge in [-0.2, -0.15) is 0 Å². The molecule has 4 aliphatic rings. The molecule has 0 saturated carbocycles. The van der Waals surface area contributed by atoms with Gasteiger partial charge in [-0.05, 0) is 0 Å². The van der Waals surface area contributed by atoms with Crippen LogP contribution in [0.2, 0.25) is 0 Å². The molecule has 4 aliphatic heterocycles. The molecule has 0 spiro atoms. The van der Waals surface area contributed by atoms with Crippen LogP contribution >= 0.6 is 0 Å². The third-order valence-corrected chi connectivity index (χ3v) is 8.20. The predicted octanol–water partition coefficient (Wildman–Crippen LogP) is -9.75. The van der Waals surface area contributed by atoms with Crippen molar-refractivity contribution in [2.75, 3.05) is 26.4 Å². The lowest BCUT2D eigenvalue weighted by atomic mass is 9.95. The summed E-state index contributed by atoms with van der Waals surface area (Å²) < 4.78 is 37.7. The molecule has 0 aliphatic carbocycles. The van der Waals surface area contributed by atoms with Crippen LogP contribution < -0.4 is 0 Å². The van der Waals surface area contributed by atoms with Crippen LogP contribution in [0.3, 0.4) is 0 Å². The van der Waals surface area contributed by atoms with Crippen molar-refractivity contribution in [2.24, 2.45) is 0 Å². The van der Waals surface area contributed by atoms with Crippen molar-refractivity contribution in [3.05, 3.63) is 0 Å². The van der Waals surface area contributed by atoms with E-state index in [2.05, 4.69) is 0 Å². The molecular formula is C24H42O21. The predicted molar refractivity (Wildman–Crippen MR) is 134 cm³/mol. The van der Waals surface area contributed by atoms with E-state index < -0.39 is 149 Å². The maximum absolute atomic E-state index is 10.9. The van der Waals surface area contributed by atoms with Crippen molar-refractivity contribution in [3.8, 4) is 0 Å². The molecule has 0 aromatic rings. The Morgan fingerprint density at radius 3 is 1.02 bits per heavy atom. The van der Waals surface area contributed by atoms with E-state index in [0.717, 1.165) is 0 Å². The van der Waals surface area contributed by atoms with Crippen LogP contribution in [0.4, 0.5) is 0 Å². The third-order valence-electron chi connectivity index (χ3n) is 8.20. The molecule has 0 bridgehead atoms. The van der Waals surface area contributed by atoms with Crippen molar-refractivity contribution in [1.29, 1.82) is 0 Å². The fraction of sp³-hybridized carbons (Fsp3) is 1.00. The van der Waals surface area contributed by atoms with E-state index in [9.17, 15) is 71.5 Å². The maximum atomic E-state index is 10.9. The van der Waals surface area contributed by atoms with Gasteiger partial charge >= 0.3 is 0 Å². The summed E-state index contributed by atoms with van der Waals surface area (Å²) in [5.41, 5.74) is 0. The van der Waals surface area contributed by atoms with Crippen LogP contribution in [-0.2, 0) is 33.2 Å². The number of hydrogen-bond donors (Lipinski definition) is 14. The zero-order valence-corrected chi connectivity index (χ0v) is 23.5. The van der Waals surface area contributed by atoms with E-state index in [1.54, 1.807) is 0 Å². The smallest absolute Gasteiger partial charge is 0.187 e. The minimum Gasteiger partial charge on any atom is -0.394 e. The van der Waals surface area contributed by atoms with E-state index in [-0.39, 0.29) is 0 Å². The highest BCUT2D eigenvalue weighted by atomic mass is 16.8. The number of rotatable bonds is 10. The Kier molecular flexibility index (Phi) is 12.8. The van der Waals surface area contributed by atoms with E-state index in [1.165, 1.54) is 0 Å². The number of ether oxygens (including phenoxy) is 7. The lowest BCUT2D eigenvalue weighted by molar-refractivity contribution is -0.387. The van der Waals surface area contributed by atoms with Crippen LogP contribution in [0.5, 0.6) is 0 Å². The summed E-state index contributed by atoms with van der Waals surface area (Å²) in [5.74, 6) is 0. The van der Waals surface area contributed by atoms with Gasteiger partial charge in [-0.3, -0.25) is 0 Å². The summed E-state index contributed by atoms with van der Waals surface area (Å²) >= 11 is 0. The maximum Gasteiger partial charge on any atom is 0.187 e. The van der Waals surface area contributed by atoms with Gasteiger partial charge in [0.15, 0.2) is 25.2 Å². The van der Waals surface area contributed by atoms with Crippen molar-refractivity contribution in [3.63, 3.8) is 0 Å². The zero-order valence-electron chi connectivity index (χ0n) is 23.5. The SMILES string of the molecule is OCC1O[C@@H](O[C@H]2C(O)C(O)[C@H](O[C@@H]3C(CO)O[C@@H](O[C@H]4C(O)C(O)[C@H](O)O[C@H]4CO)[C@@H](O)C3O)O[C@H]2CO)[C@@H](O)C(O)[C@@H]1O. The van der Waals surface area contributed by atoms with Crippen LogP contribution in [0.25, 0.3) is 0 Å². The van der Waals surface area contributed by atoms with Gasteiger partial charge in [-0.1, -0.05) is 0 Å². The van der Waals surface area contributed by atoms with E-state index in [0.29, 0.717) is 0 Å². The van der Waals surface area contributed by atoms with Crippen LogP contribution in [0.1, 0.15) is 0 Å². The van der Waals surface area contributed by atoms with Gasteiger partial charge in [0.1, 0.15) is 97.7 Å². The Bertz CT molecular complexity index is 910. The summed E-state index contributed by atoms with van der Waals surface area (Å²) in [6, 6.07) is 0. The fourth-order valence-electron chi connectivity index (χ4n) is 5.55. The second kappa shape index (κ2) is 15.6. The molecule has 0 radical (unpaired) electrons. The third kappa shape index (κ3) is 7.44. The molecule has 264 valence electrons. The molecule has 4 saturated heterocycles. The first-order chi connectivity index (χ1) is 21.3. The van der Waals surface area contributed by atoms with Crippen molar-refractivity contribution in [2.45, 2.75) is 123 Å². The number of aliphatic hydroxyl groups is 14. The number of aliphatic hydroxyl groups excluding tert-OH is 14. The number of hydrogen-bond acceptors (Lipinski definition) is 21. The molecule has 4 fully saturated rings. The molecule has 21 heteroatoms. The molecule has 45 heavy (non-hydrogen) atoms. The standard InChI is InChI=1S/C24H42O21/c25-1-5-9(29)10(30)15(35)22(40-5)44-19-7(3-27)42-24(17(37)12(19)32)45-20-8(4-28)41-23(16(36)13(20)33)43-18-6(2-26)39-21(38)14(34)11(18)31/h5-38H,1-4H2/t5?,6-,7-,8?,9+,10?,11?,12?,13?,14?,15-,16-,17?,18+,19+,20+,21+,22-,23-,24-/m0/s1.